The minimum Gasteiger partial charge on any atom is -0.457 e. The lowest BCUT2D eigenvalue weighted by Crippen LogP contribution is -2.38. The van der Waals surface area contributed by atoms with Crippen LogP contribution in [0.2, 0.25) is 0 Å². The molecular formula is C15H20O4. The van der Waals surface area contributed by atoms with Crippen LogP contribution in [0.3, 0.4) is 0 Å². The van der Waals surface area contributed by atoms with Gasteiger partial charge in [0.05, 0.1) is 5.60 Å². The highest BCUT2D eigenvalue weighted by atomic mass is 16.8. The van der Waals surface area contributed by atoms with Crippen LogP contribution < -0.4 is 0 Å². The predicted octanol–water partition coefficient (Wildman–Crippen LogP) is 2.83. The van der Waals surface area contributed by atoms with Crippen molar-refractivity contribution in [2.24, 2.45) is 0 Å². The number of carbonyl (C=O) groups is 1. The Morgan fingerprint density at radius 3 is 2.32 bits per heavy atom. The van der Waals surface area contributed by atoms with E-state index in [0.717, 1.165) is 5.56 Å². The van der Waals surface area contributed by atoms with E-state index in [-0.39, 0.29) is 6.10 Å². The second-order valence-corrected chi connectivity index (χ2v) is 5.71. The summed E-state index contributed by atoms with van der Waals surface area (Å²) in [4.78, 5) is 10.8. The van der Waals surface area contributed by atoms with E-state index in [2.05, 4.69) is 0 Å². The zero-order chi connectivity index (χ0) is 14.1. The molecule has 0 radical (unpaired) electrons. The lowest BCUT2D eigenvalue weighted by molar-refractivity contribution is -0.167. The molecule has 1 aromatic rings. The van der Waals surface area contributed by atoms with Crippen LogP contribution in [-0.4, -0.2) is 24.0 Å². The molecule has 0 spiro atoms. The zero-order valence-electron chi connectivity index (χ0n) is 11.8. The van der Waals surface area contributed by atoms with Crippen LogP contribution in [-0.2, 0) is 19.0 Å². The average molecular weight is 264 g/mol. The van der Waals surface area contributed by atoms with Crippen molar-refractivity contribution < 1.29 is 19.0 Å². The van der Waals surface area contributed by atoms with Gasteiger partial charge in [-0.3, -0.25) is 4.79 Å². The SMILES string of the molecule is CC1(C)O[C@@H](C(OC=O)c2ccccc2)C(C)(C)O1. The molecule has 1 aliphatic heterocycles. The molecule has 0 aromatic heterocycles. The van der Waals surface area contributed by atoms with Crippen molar-refractivity contribution in [2.75, 3.05) is 0 Å². The summed E-state index contributed by atoms with van der Waals surface area (Å²) in [6.07, 6.45) is -0.828. The molecule has 4 heteroatoms. The topological polar surface area (TPSA) is 44.8 Å². The molecule has 2 rings (SSSR count). The number of carbonyl (C=O) groups excluding carboxylic acids is 1. The van der Waals surface area contributed by atoms with Gasteiger partial charge in [0.2, 0.25) is 0 Å². The zero-order valence-corrected chi connectivity index (χ0v) is 11.8. The summed E-state index contributed by atoms with van der Waals surface area (Å²) in [6, 6.07) is 9.56. The molecule has 1 saturated heterocycles. The maximum Gasteiger partial charge on any atom is 0.293 e. The molecule has 1 unspecified atom stereocenters. The predicted molar refractivity (Wildman–Crippen MR) is 70.4 cm³/mol. The summed E-state index contributed by atoms with van der Waals surface area (Å²) in [5.41, 5.74) is 0.362. The normalized spacial score (nSPS) is 25.8. The summed E-state index contributed by atoms with van der Waals surface area (Å²) < 4.78 is 17.1. The summed E-state index contributed by atoms with van der Waals surface area (Å²) in [7, 11) is 0. The molecule has 0 amide bonds. The third-order valence-electron chi connectivity index (χ3n) is 3.21. The molecule has 0 saturated carbocycles. The first-order valence-electron chi connectivity index (χ1n) is 6.38. The van der Waals surface area contributed by atoms with Crippen LogP contribution in [0.1, 0.15) is 39.4 Å². The van der Waals surface area contributed by atoms with Gasteiger partial charge in [0.15, 0.2) is 11.9 Å². The Bertz CT molecular complexity index is 439. The first kappa shape index (κ1) is 14.0. The summed E-state index contributed by atoms with van der Waals surface area (Å²) in [6.45, 7) is 8.06. The van der Waals surface area contributed by atoms with E-state index < -0.39 is 17.5 Å². The highest BCUT2D eigenvalue weighted by molar-refractivity contribution is 5.39. The van der Waals surface area contributed by atoms with Crippen LogP contribution in [0, 0.1) is 0 Å². The molecule has 19 heavy (non-hydrogen) atoms. The molecule has 104 valence electrons. The Hall–Kier alpha value is -1.39. The van der Waals surface area contributed by atoms with Crippen LogP contribution in [0.5, 0.6) is 0 Å². The van der Waals surface area contributed by atoms with Gasteiger partial charge in [-0.15, -0.1) is 0 Å². The van der Waals surface area contributed by atoms with E-state index in [1.165, 1.54) is 0 Å². The van der Waals surface area contributed by atoms with E-state index in [1.54, 1.807) is 0 Å². The van der Waals surface area contributed by atoms with E-state index in [4.69, 9.17) is 14.2 Å². The monoisotopic (exact) mass is 264 g/mol. The second kappa shape index (κ2) is 4.94. The van der Waals surface area contributed by atoms with Crippen molar-refractivity contribution >= 4 is 6.47 Å². The van der Waals surface area contributed by atoms with Crippen molar-refractivity contribution in [3.63, 3.8) is 0 Å². The molecule has 1 heterocycles. The first-order valence-corrected chi connectivity index (χ1v) is 6.38. The first-order chi connectivity index (χ1) is 8.86. The van der Waals surface area contributed by atoms with Crippen LogP contribution in [0.15, 0.2) is 30.3 Å². The lowest BCUT2D eigenvalue weighted by Gasteiger charge is -2.29. The fourth-order valence-corrected chi connectivity index (χ4v) is 2.62. The summed E-state index contributed by atoms with van der Waals surface area (Å²) in [5.74, 6) is -0.687. The number of ether oxygens (including phenoxy) is 3. The van der Waals surface area contributed by atoms with Gasteiger partial charge in [-0.25, -0.2) is 0 Å². The fraction of sp³-hybridized carbons (Fsp3) is 0.533. The van der Waals surface area contributed by atoms with E-state index in [1.807, 2.05) is 58.0 Å². The van der Waals surface area contributed by atoms with E-state index >= 15 is 0 Å². The second-order valence-electron chi connectivity index (χ2n) is 5.71. The number of hydrogen-bond donors (Lipinski definition) is 0. The van der Waals surface area contributed by atoms with Crippen molar-refractivity contribution in [3.8, 4) is 0 Å². The maximum absolute atomic E-state index is 10.8. The average Bonchev–Trinajstić information content (AvgIpc) is 2.55. The molecule has 4 nitrogen and oxygen atoms in total. The number of benzene rings is 1. The fourth-order valence-electron chi connectivity index (χ4n) is 2.62. The molecule has 1 aliphatic rings. The van der Waals surface area contributed by atoms with Gasteiger partial charge in [0.1, 0.15) is 6.10 Å². The molecule has 1 fully saturated rings. The summed E-state index contributed by atoms with van der Waals surface area (Å²) in [5, 5.41) is 0. The quantitative estimate of drug-likeness (QED) is 0.784. The third kappa shape index (κ3) is 2.96. The van der Waals surface area contributed by atoms with E-state index in [0.29, 0.717) is 6.47 Å². The third-order valence-corrected chi connectivity index (χ3v) is 3.21. The van der Waals surface area contributed by atoms with Crippen LogP contribution in [0.25, 0.3) is 0 Å². The van der Waals surface area contributed by atoms with Crippen molar-refractivity contribution in [3.05, 3.63) is 35.9 Å². The van der Waals surface area contributed by atoms with Gasteiger partial charge >= 0.3 is 0 Å². The lowest BCUT2D eigenvalue weighted by atomic mass is 9.92. The maximum atomic E-state index is 10.8. The standard InChI is InChI=1S/C15H20O4/c1-14(2)13(18-15(3,4)19-14)12(17-10-16)11-8-6-5-7-9-11/h5-10,12-13H,1-4H3/t12?,13-/m0/s1. The van der Waals surface area contributed by atoms with Gasteiger partial charge < -0.3 is 14.2 Å². The highest BCUT2D eigenvalue weighted by Crippen LogP contribution is 2.42. The smallest absolute Gasteiger partial charge is 0.293 e. The Morgan fingerprint density at radius 2 is 1.84 bits per heavy atom. The Kier molecular flexibility index (Phi) is 3.65. The van der Waals surface area contributed by atoms with Crippen molar-refractivity contribution in [1.29, 1.82) is 0 Å². The molecule has 2 atom stereocenters. The van der Waals surface area contributed by atoms with Crippen molar-refractivity contribution in [1.82, 2.24) is 0 Å². The summed E-state index contributed by atoms with van der Waals surface area (Å²) >= 11 is 0. The molecular weight excluding hydrogens is 244 g/mol. The number of hydrogen-bond acceptors (Lipinski definition) is 4. The number of rotatable bonds is 4. The van der Waals surface area contributed by atoms with Gasteiger partial charge in [-0.05, 0) is 33.3 Å². The van der Waals surface area contributed by atoms with E-state index in [9.17, 15) is 4.79 Å². The van der Waals surface area contributed by atoms with Gasteiger partial charge in [-0.2, -0.15) is 0 Å². The minimum atomic E-state index is -0.687. The Labute approximate surface area is 113 Å². The molecule has 0 N–H and O–H groups in total. The highest BCUT2D eigenvalue weighted by Gasteiger charge is 2.51. The Morgan fingerprint density at radius 1 is 1.21 bits per heavy atom. The van der Waals surface area contributed by atoms with Gasteiger partial charge in [0.25, 0.3) is 6.47 Å². The minimum absolute atomic E-state index is 0.352. The molecule has 1 aromatic carbocycles. The molecule has 0 aliphatic carbocycles. The van der Waals surface area contributed by atoms with Gasteiger partial charge in [0, 0.05) is 0 Å². The Balaban J connectivity index is 2.32. The van der Waals surface area contributed by atoms with Gasteiger partial charge in [-0.1, -0.05) is 30.3 Å². The van der Waals surface area contributed by atoms with Crippen LogP contribution >= 0.6 is 0 Å². The largest absolute Gasteiger partial charge is 0.457 e. The van der Waals surface area contributed by atoms with Crippen LogP contribution in [0.4, 0.5) is 0 Å². The van der Waals surface area contributed by atoms with Crippen molar-refractivity contribution in [2.45, 2.75) is 51.3 Å². The molecule has 0 bridgehead atoms.